The van der Waals surface area contributed by atoms with E-state index in [1.807, 2.05) is 18.2 Å². The fourth-order valence-electron chi connectivity index (χ4n) is 5.58. The molecule has 1 aliphatic carbocycles. The van der Waals surface area contributed by atoms with Crippen LogP contribution < -0.4 is 10.2 Å². The maximum absolute atomic E-state index is 14.5. The molecule has 3 atom stereocenters. The molecule has 194 valence electrons. The average Bonchev–Trinajstić information content (AvgIpc) is 3.15. The van der Waals surface area contributed by atoms with Gasteiger partial charge < -0.3 is 9.84 Å². The van der Waals surface area contributed by atoms with Crippen molar-refractivity contribution < 1.29 is 23.8 Å². The summed E-state index contributed by atoms with van der Waals surface area (Å²) < 4.78 is 19.0. The number of aliphatic hydroxyl groups excluding tert-OH is 1. The summed E-state index contributed by atoms with van der Waals surface area (Å²) in [5, 5.41) is 10.6. The highest BCUT2D eigenvalue weighted by atomic mass is 35.5. The summed E-state index contributed by atoms with van der Waals surface area (Å²) in [6.45, 7) is 4.06. The Morgan fingerprint density at radius 2 is 1.76 bits per heavy atom. The molecule has 0 radical (unpaired) electrons. The Balaban J connectivity index is 1.66. The second-order valence-corrected chi connectivity index (χ2v) is 9.68. The molecule has 1 aliphatic heterocycles. The van der Waals surface area contributed by atoms with E-state index in [2.05, 4.69) is 12.0 Å². The fourth-order valence-corrected chi connectivity index (χ4v) is 5.71. The van der Waals surface area contributed by atoms with E-state index in [0.29, 0.717) is 28.4 Å². The first-order valence-corrected chi connectivity index (χ1v) is 12.6. The number of fused-ring (bicyclic) bond motifs is 1. The Morgan fingerprint density at radius 1 is 1.08 bits per heavy atom. The SMILES string of the molecule is C=CC1=CC[C@H]2C(=O)N(Nc3ccc(F)cc3)C(=O)[C@@]2(c2ccc(Cl)cc2)[C@H]1c1ccc(OCCO)cc1. The molecular weight excluding hydrogens is 507 g/mol. The molecule has 1 heterocycles. The molecule has 0 unspecified atom stereocenters. The number of aliphatic hydroxyl groups is 1. The predicted molar refractivity (Wildman–Crippen MR) is 143 cm³/mol. The largest absolute Gasteiger partial charge is 0.491 e. The number of rotatable bonds is 8. The van der Waals surface area contributed by atoms with Gasteiger partial charge in [0.25, 0.3) is 11.8 Å². The van der Waals surface area contributed by atoms with Crippen LogP contribution in [0.1, 0.15) is 23.5 Å². The smallest absolute Gasteiger partial charge is 0.260 e. The molecule has 5 rings (SSSR count). The van der Waals surface area contributed by atoms with Gasteiger partial charge in [-0.25, -0.2) is 4.39 Å². The third-order valence-corrected chi connectivity index (χ3v) is 7.47. The Hall–Kier alpha value is -3.94. The number of halogens is 2. The number of nitrogens with one attached hydrogen (secondary N) is 1. The topological polar surface area (TPSA) is 78.9 Å². The van der Waals surface area contributed by atoms with E-state index in [1.54, 1.807) is 42.5 Å². The number of nitrogens with zero attached hydrogens (tertiary/aromatic N) is 1. The van der Waals surface area contributed by atoms with Gasteiger partial charge in [-0.2, -0.15) is 5.01 Å². The number of benzene rings is 3. The third-order valence-electron chi connectivity index (χ3n) is 7.22. The van der Waals surface area contributed by atoms with E-state index < -0.39 is 29.0 Å². The van der Waals surface area contributed by atoms with Gasteiger partial charge in [0.1, 0.15) is 18.2 Å². The second kappa shape index (κ2) is 10.4. The maximum Gasteiger partial charge on any atom is 0.260 e. The summed E-state index contributed by atoms with van der Waals surface area (Å²) in [6.07, 6.45) is 4.02. The van der Waals surface area contributed by atoms with Crippen molar-refractivity contribution >= 4 is 29.1 Å². The van der Waals surface area contributed by atoms with Gasteiger partial charge in [-0.05, 0) is 71.7 Å². The van der Waals surface area contributed by atoms with Gasteiger partial charge in [0.2, 0.25) is 0 Å². The van der Waals surface area contributed by atoms with Gasteiger partial charge in [-0.15, -0.1) is 0 Å². The molecule has 6 nitrogen and oxygen atoms in total. The zero-order chi connectivity index (χ0) is 26.9. The lowest BCUT2D eigenvalue weighted by molar-refractivity contribution is -0.138. The lowest BCUT2D eigenvalue weighted by atomic mass is 9.56. The fraction of sp³-hybridized carbons (Fsp3) is 0.200. The molecule has 0 spiro atoms. The second-order valence-electron chi connectivity index (χ2n) is 9.24. The molecule has 3 aromatic carbocycles. The predicted octanol–water partition coefficient (Wildman–Crippen LogP) is 5.40. The van der Waals surface area contributed by atoms with Crippen LogP contribution in [0.2, 0.25) is 5.02 Å². The van der Waals surface area contributed by atoms with Crippen molar-refractivity contribution in [3.63, 3.8) is 0 Å². The van der Waals surface area contributed by atoms with Crippen molar-refractivity contribution in [2.45, 2.75) is 17.8 Å². The monoisotopic (exact) mass is 532 g/mol. The summed E-state index contributed by atoms with van der Waals surface area (Å²) in [4.78, 5) is 28.4. The van der Waals surface area contributed by atoms with Crippen LogP contribution in [0, 0.1) is 11.7 Å². The van der Waals surface area contributed by atoms with Crippen LogP contribution in [-0.2, 0) is 15.0 Å². The van der Waals surface area contributed by atoms with Crippen molar-refractivity contribution in [3.05, 3.63) is 119 Å². The van der Waals surface area contributed by atoms with Crippen molar-refractivity contribution in [1.29, 1.82) is 0 Å². The van der Waals surface area contributed by atoms with Crippen molar-refractivity contribution in [3.8, 4) is 5.75 Å². The van der Waals surface area contributed by atoms with E-state index in [0.717, 1.165) is 16.1 Å². The molecule has 1 saturated heterocycles. The molecule has 1 fully saturated rings. The summed E-state index contributed by atoms with van der Waals surface area (Å²) >= 11 is 6.21. The zero-order valence-electron chi connectivity index (χ0n) is 20.4. The van der Waals surface area contributed by atoms with Gasteiger partial charge in [0, 0.05) is 10.9 Å². The summed E-state index contributed by atoms with van der Waals surface area (Å²) in [5.41, 5.74) is 4.32. The first-order chi connectivity index (χ1) is 18.4. The summed E-state index contributed by atoms with van der Waals surface area (Å²) in [7, 11) is 0. The molecule has 0 aromatic heterocycles. The maximum atomic E-state index is 14.5. The number of hydrazine groups is 1. The standard InChI is InChI=1S/C30H26ClFN2O4/c1-2-19-5-16-26-28(36)34(33-24-12-10-23(32)11-13-24)29(37)30(26,21-6-8-22(31)9-7-21)27(19)20-3-14-25(15-4-20)38-18-17-35/h2-15,26-27,33,35H,1,16-18H2/t26-,27+,30+/m0/s1. The number of allylic oxidation sites excluding steroid dienone is 3. The Kier molecular flexibility index (Phi) is 7.06. The molecule has 38 heavy (non-hydrogen) atoms. The Labute approximate surface area is 225 Å². The molecule has 2 N–H and O–H groups in total. The molecule has 0 bridgehead atoms. The molecular formula is C30H26ClFN2O4. The minimum absolute atomic E-state index is 0.109. The van der Waals surface area contributed by atoms with Gasteiger partial charge >= 0.3 is 0 Å². The molecule has 2 amide bonds. The third kappa shape index (κ3) is 4.27. The normalized spacial score (nSPS) is 22.6. The highest BCUT2D eigenvalue weighted by Gasteiger charge is 2.65. The van der Waals surface area contributed by atoms with Crippen molar-refractivity contribution in [2.75, 3.05) is 18.6 Å². The van der Waals surface area contributed by atoms with Crippen molar-refractivity contribution in [2.24, 2.45) is 5.92 Å². The van der Waals surface area contributed by atoms with Gasteiger partial charge in [0.15, 0.2) is 0 Å². The highest BCUT2D eigenvalue weighted by Crippen LogP contribution is 2.57. The lowest BCUT2D eigenvalue weighted by Gasteiger charge is -2.43. The molecule has 2 aliphatic rings. The minimum atomic E-state index is -1.29. The van der Waals surface area contributed by atoms with E-state index >= 15 is 0 Å². The van der Waals surface area contributed by atoms with E-state index in [1.165, 1.54) is 24.3 Å². The van der Waals surface area contributed by atoms with Crippen LogP contribution in [0.4, 0.5) is 10.1 Å². The van der Waals surface area contributed by atoms with Gasteiger partial charge in [0.05, 0.1) is 23.6 Å². The summed E-state index contributed by atoms with van der Waals surface area (Å²) in [5.74, 6) is -1.88. The van der Waals surface area contributed by atoms with Crippen LogP contribution in [0.5, 0.6) is 5.75 Å². The molecule has 8 heteroatoms. The lowest BCUT2D eigenvalue weighted by Crippen LogP contribution is -2.48. The number of anilines is 1. The number of ether oxygens (including phenoxy) is 1. The average molecular weight is 533 g/mol. The van der Waals surface area contributed by atoms with E-state index in [-0.39, 0.29) is 19.1 Å². The van der Waals surface area contributed by atoms with E-state index in [9.17, 15) is 14.0 Å². The zero-order valence-corrected chi connectivity index (χ0v) is 21.2. The molecule has 3 aromatic rings. The number of carbonyl (C=O) groups is 2. The quantitative estimate of drug-likeness (QED) is 0.380. The number of hydrogen-bond acceptors (Lipinski definition) is 5. The van der Waals surface area contributed by atoms with Crippen LogP contribution in [0.25, 0.3) is 0 Å². The number of hydrogen-bond donors (Lipinski definition) is 2. The first kappa shape index (κ1) is 25.7. The van der Waals surface area contributed by atoms with Crippen LogP contribution in [-0.4, -0.2) is 35.1 Å². The minimum Gasteiger partial charge on any atom is -0.491 e. The highest BCUT2D eigenvalue weighted by molar-refractivity contribution is 6.30. The number of carbonyl (C=O) groups excluding carboxylic acids is 2. The van der Waals surface area contributed by atoms with Gasteiger partial charge in [-0.1, -0.05) is 54.6 Å². The summed E-state index contributed by atoms with van der Waals surface area (Å²) in [6, 6.07) is 19.8. The van der Waals surface area contributed by atoms with Gasteiger partial charge in [-0.3, -0.25) is 15.0 Å². The van der Waals surface area contributed by atoms with Crippen LogP contribution >= 0.6 is 11.6 Å². The number of amides is 2. The first-order valence-electron chi connectivity index (χ1n) is 12.2. The Bertz CT molecular complexity index is 1390. The van der Waals surface area contributed by atoms with Crippen LogP contribution in [0.3, 0.4) is 0 Å². The number of imide groups is 1. The van der Waals surface area contributed by atoms with Crippen LogP contribution in [0.15, 0.2) is 97.1 Å². The Morgan fingerprint density at radius 3 is 2.39 bits per heavy atom. The van der Waals surface area contributed by atoms with E-state index in [4.69, 9.17) is 21.4 Å². The van der Waals surface area contributed by atoms with Crippen molar-refractivity contribution in [1.82, 2.24) is 5.01 Å². The molecule has 0 saturated carbocycles.